The highest BCUT2D eigenvalue weighted by Crippen LogP contribution is 2.27. The first-order valence-electron chi connectivity index (χ1n) is 7.66. The molecule has 3 N–H and O–H groups in total. The van der Waals surface area contributed by atoms with Crippen LogP contribution in [0.1, 0.15) is 28.2 Å². The molecule has 1 unspecified atom stereocenters. The van der Waals surface area contributed by atoms with E-state index in [0.29, 0.717) is 26.5 Å². The SMILES string of the molecule is Cc1c(C(N)=O)sc2ncn(C(C)C(=O)Nc3ccccc3Cl)c(=O)c12. The first-order valence-corrected chi connectivity index (χ1v) is 8.86. The average Bonchev–Trinajstić information content (AvgIpc) is 2.94. The molecular formula is C17H15ClN4O3S. The molecule has 0 radical (unpaired) electrons. The van der Waals surface area contributed by atoms with Crippen molar-refractivity contribution in [2.75, 3.05) is 5.32 Å². The number of amides is 2. The lowest BCUT2D eigenvalue weighted by Gasteiger charge is -2.15. The van der Waals surface area contributed by atoms with E-state index in [9.17, 15) is 14.4 Å². The van der Waals surface area contributed by atoms with Crippen LogP contribution in [0.3, 0.4) is 0 Å². The molecule has 0 aliphatic carbocycles. The fraction of sp³-hybridized carbons (Fsp3) is 0.176. The van der Waals surface area contributed by atoms with Crippen molar-refractivity contribution < 1.29 is 9.59 Å². The largest absolute Gasteiger partial charge is 0.365 e. The van der Waals surface area contributed by atoms with E-state index in [-0.39, 0.29) is 4.88 Å². The van der Waals surface area contributed by atoms with Gasteiger partial charge < -0.3 is 11.1 Å². The van der Waals surface area contributed by atoms with Crippen LogP contribution in [0.5, 0.6) is 0 Å². The quantitative estimate of drug-likeness (QED) is 0.714. The van der Waals surface area contributed by atoms with Crippen LogP contribution < -0.4 is 16.6 Å². The van der Waals surface area contributed by atoms with E-state index in [1.165, 1.54) is 10.9 Å². The van der Waals surface area contributed by atoms with Crippen molar-refractivity contribution in [3.05, 3.63) is 56.4 Å². The van der Waals surface area contributed by atoms with Crippen molar-refractivity contribution in [3.8, 4) is 0 Å². The highest BCUT2D eigenvalue weighted by atomic mass is 35.5. The van der Waals surface area contributed by atoms with Gasteiger partial charge in [0, 0.05) is 0 Å². The molecule has 2 amide bonds. The molecule has 0 aliphatic heterocycles. The third kappa shape index (κ3) is 3.09. The van der Waals surface area contributed by atoms with E-state index in [1.54, 1.807) is 38.1 Å². The zero-order chi connectivity index (χ0) is 19.0. The van der Waals surface area contributed by atoms with Gasteiger partial charge in [-0.2, -0.15) is 0 Å². The number of primary amides is 1. The van der Waals surface area contributed by atoms with Crippen molar-refractivity contribution in [1.82, 2.24) is 9.55 Å². The summed E-state index contributed by atoms with van der Waals surface area (Å²) in [4.78, 5) is 41.7. The fourth-order valence-corrected chi connectivity index (χ4v) is 3.75. The Hall–Kier alpha value is -2.71. The van der Waals surface area contributed by atoms with Gasteiger partial charge in [-0.1, -0.05) is 23.7 Å². The Morgan fingerprint density at radius 1 is 1.35 bits per heavy atom. The van der Waals surface area contributed by atoms with Crippen molar-refractivity contribution in [2.45, 2.75) is 19.9 Å². The smallest absolute Gasteiger partial charge is 0.263 e. The van der Waals surface area contributed by atoms with Crippen LogP contribution in [-0.2, 0) is 4.79 Å². The van der Waals surface area contributed by atoms with Gasteiger partial charge in [0.1, 0.15) is 10.9 Å². The fourth-order valence-electron chi connectivity index (χ4n) is 2.57. The van der Waals surface area contributed by atoms with Gasteiger partial charge >= 0.3 is 0 Å². The number of aryl methyl sites for hydroxylation is 1. The molecule has 0 fully saturated rings. The van der Waals surface area contributed by atoms with Crippen molar-refractivity contribution in [3.63, 3.8) is 0 Å². The number of carbonyl (C=O) groups excluding carboxylic acids is 2. The molecule has 2 aromatic heterocycles. The standard InChI is InChI=1S/C17H15ClN4O3S/c1-8-12-16(26-13(8)14(19)23)20-7-22(17(12)25)9(2)15(24)21-11-6-4-3-5-10(11)18/h3-7,9H,1-2H3,(H2,19,23)(H,21,24). The van der Waals surface area contributed by atoms with Crippen LogP contribution in [0.15, 0.2) is 35.4 Å². The third-order valence-corrected chi connectivity index (χ3v) is 5.57. The molecule has 2 heterocycles. The van der Waals surface area contributed by atoms with Crippen LogP contribution in [0, 0.1) is 6.92 Å². The Balaban J connectivity index is 1.99. The minimum Gasteiger partial charge on any atom is -0.365 e. The predicted molar refractivity (Wildman–Crippen MR) is 102 cm³/mol. The second-order valence-electron chi connectivity index (χ2n) is 5.70. The lowest BCUT2D eigenvalue weighted by molar-refractivity contribution is -0.118. The Bertz CT molecular complexity index is 1090. The number of fused-ring (bicyclic) bond motifs is 1. The maximum absolute atomic E-state index is 12.8. The minimum absolute atomic E-state index is 0.288. The predicted octanol–water partition coefficient (Wildman–Crippen LogP) is 2.72. The van der Waals surface area contributed by atoms with Gasteiger partial charge in [0.15, 0.2) is 0 Å². The number of nitrogens with zero attached hydrogens (tertiary/aromatic N) is 2. The number of rotatable bonds is 4. The van der Waals surface area contributed by atoms with E-state index in [1.807, 2.05) is 0 Å². The van der Waals surface area contributed by atoms with Crippen LogP contribution in [0.4, 0.5) is 5.69 Å². The number of para-hydroxylation sites is 1. The summed E-state index contributed by atoms with van der Waals surface area (Å²) in [6, 6.07) is 5.99. The van der Waals surface area contributed by atoms with E-state index < -0.39 is 23.4 Å². The highest BCUT2D eigenvalue weighted by Gasteiger charge is 2.22. The molecule has 0 aliphatic rings. The molecule has 1 aromatic carbocycles. The molecule has 26 heavy (non-hydrogen) atoms. The van der Waals surface area contributed by atoms with Gasteiger partial charge in [0.05, 0.1) is 27.3 Å². The van der Waals surface area contributed by atoms with Gasteiger partial charge in [-0.05, 0) is 31.5 Å². The summed E-state index contributed by atoms with van der Waals surface area (Å²) in [5, 5.41) is 3.38. The topological polar surface area (TPSA) is 107 Å². The number of benzene rings is 1. The van der Waals surface area contributed by atoms with Gasteiger partial charge in [-0.25, -0.2) is 4.98 Å². The second-order valence-corrected chi connectivity index (χ2v) is 7.11. The lowest BCUT2D eigenvalue weighted by atomic mass is 10.2. The Kier molecular flexibility index (Phi) is 4.80. The zero-order valence-corrected chi connectivity index (χ0v) is 15.5. The molecule has 134 valence electrons. The molecular weight excluding hydrogens is 376 g/mol. The first-order chi connectivity index (χ1) is 12.3. The third-order valence-electron chi connectivity index (χ3n) is 4.03. The number of halogens is 1. The molecule has 0 spiro atoms. The maximum atomic E-state index is 12.8. The Labute approximate surface area is 157 Å². The highest BCUT2D eigenvalue weighted by molar-refractivity contribution is 7.20. The maximum Gasteiger partial charge on any atom is 0.263 e. The van der Waals surface area contributed by atoms with E-state index in [4.69, 9.17) is 17.3 Å². The van der Waals surface area contributed by atoms with E-state index >= 15 is 0 Å². The molecule has 7 nitrogen and oxygen atoms in total. The van der Waals surface area contributed by atoms with Gasteiger partial charge in [0.2, 0.25) is 5.91 Å². The molecule has 9 heteroatoms. The Morgan fingerprint density at radius 2 is 2.04 bits per heavy atom. The van der Waals surface area contributed by atoms with E-state index in [0.717, 1.165) is 11.3 Å². The normalized spacial score (nSPS) is 12.1. The van der Waals surface area contributed by atoms with E-state index in [2.05, 4.69) is 10.3 Å². The second kappa shape index (κ2) is 6.89. The summed E-state index contributed by atoms with van der Waals surface area (Å²) in [6.07, 6.45) is 1.29. The van der Waals surface area contributed by atoms with Crippen LogP contribution in [-0.4, -0.2) is 21.4 Å². The Morgan fingerprint density at radius 3 is 2.69 bits per heavy atom. The zero-order valence-electron chi connectivity index (χ0n) is 13.9. The number of hydrogen-bond acceptors (Lipinski definition) is 5. The minimum atomic E-state index is -0.827. The van der Waals surface area contributed by atoms with Crippen molar-refractivity contribution in [1.29, 1.82) is 0 Å². The molecule has 3 aromatic rings. The monoisotopic (exact) mass is 390 g/mol. The van der Waals surface area contributed by atoms with Gasteiger partial charge in [-0.3, -0.25) is 19.0 Å². The molecule has 3 rings (SSSR count). The number of hydrogen-bond donors (Lipinski definition) is 2. The van der Waals surface area contributed by atoms with Crippen LogP contribution in [0.25, 0.3) is 10.2 Å². The molecule has 0 saturated heterocycles. The first kappa shape index (κ1) is 18.1. The molecule has 0 bridgehead atoms. The number of anilines is 1. The summed E-state index contributed by atoms with van der Waals surface area (Å²) in [6.45, 7) is 3.22. The van der Waals surface area contributed by atoms with Crippen LogP contribution in [0.2, 0.25) is 5.02 Å². The molecule has 0 saturated carbocycles. The summed E-state index contributed by atoms with van der Waals surface area (Å²) >= 11 is 7.11. The average molecular weight is 391 g/mol. The number of thiophene rings is 1. The summed E-state index contributed by atoms with van der Waals surface area (Å²) in [5.74, 6) is -1.02. The van der Waals surface area contributed by atoms with Crippen molar-refractivity contribution >= 4 is 50.7 Å². The van der Waals surface area contributed by atoms with Crippen molar-refractivity contribution in [2.24, 2.45) is 5.73 Å². The molecule has 1 atom stereocenters. The number of nitrogens with one attached hydrogen (secondary N) is 1. The van der Waals surface area contributed by atoms with Gasteiger partial charge in [0.25, 0.3) is 11.5 Å². The van der Waals surface area contributed by atoms with Crippen LogP contribution >= 0.6 is 22.9 Å². The number of aromatic nitrogens is 2. The number of nitrogens with two attached hydrogens (primary N) is 1. The van der Waals surface area contributed by atoms with Gasteiger partial charge in [-0.15, -0.1) is 11.3 Å². The summed E-state index contributed by atoms with van der Waals surface area (Å²) in [7, 11) is 0. The summed E-state index contributed by atoms with van der Waals surface area (Å²) in [5.41, 5.74) is 5.86. The summed E-state index contributed by atoms with van der Waals surface area (Å²) < 4.78 is 1.22. The number of carbonyl (C=O) groups is 2. The lowest BCUT2D eigenvalue weighted by Crippen LogP contribution is -2.31.